The maximum atomic E-state index is 13.3. The number of benzene rings is 1. The number of halogens is 3. The molecule has 1 aromatic carbocycles. The minimum Gasteiger partial charge on any atom is -0.480 e. The first kappa shape index (κ1) is 15.6. The second-order valence-electron chi connectivity index (χ2n) is 4.95. The summed E-state index contributed by atoms with van der Waals surface area (Å²) in [5, 5.41) is 9.19. The molecule has 0 bridgehead atoms. The van der Waals surface area contributed by atoms with Crippen LogP contribution in [0.3, 0.4) is 0 Å². The molecule has 1 aliphatic rings. The van der Waals surface area contributed by atoms with E-state index in [0.29, 0.717) is 13.0 Å². The summed E-state index contributed by atoms with van der Waals surface area (Å²) >= 11 is 0. The Labute approximate surface area is 120 Å². The molecule has 4 nitrogen and oxygen atoms in total. The van der Waals surface area contributed by atoms with Gasteiger partial charge in [0.05, 0.1) is 0 Å². The van der Waals surface area contributed by atoms with E-state index < -0.39 is 24.4 Å². The van der Waals surface area contributed by atoms with Gasteiger partial charge in [0, 0.05) is 12.1 Å². The average molecular weight is 303 g/mol. The highest BCUT2D eigenvalue weighted by atomic mass is 19.3. The number of carboxylic acid groups (broad SMARTS) is 1. The lowest BCUT2D eigenvalue weighted by Crippen LogP contribution is -2.44. The quantitative estimate of drug-likeness (QED) is 0.908. The lowest BCUT2D eigenvalue weighted by atomic mass is 10.0. The Hall–Kier alpha value is -1.76. The summed E-state index contributed by atoms with van der Waals surface area (Å²) in [4.78, 5) is 12.9. The first-order chi connectivity index (χ1) is 9.97. The minimum absolute atomic E-state index is 0.0662. The van der Waals surface area contributed by atoms with Gasteiger partial charge in [0.1, 0.15) is 17.6 Å². The Balaban J connectivity index is 2.20. The van der Waals surface area contributed by atoms with Crippen molar-refractivity contribution in [2.75, 3.05) is 6.54 Å². The number of aliphatic carboxylic acids is 1. The van der Waals surface area contributed by atoms with Crippen LogP contribution in [0.5, 0.6) is 5.75 Å². The van der Waals surface area contributed by atoms with Crippen molar-refractivity contribution in [3.63, 3.8) is 0 Å². The van der Waals surface area contributed by atoms with Crippen molar-refractivity contribution in [1.82, 2.24) is 4.90 Å². The molecule has 0 radical (unpaired) electrons. The van der Waals surface area contributed by atoms with Gasteiger partial charge in [-0.15, -0.1) is 0 Å². The van der Waals surface area contributed by atoms with Crippen LogP contribution >= 0.6 is 0 Å². The molecule has 1 heterocycles. The Kier molecular flexibility index (Phi) is 5.06. The topological polar surface area (TPSA) is 49.8 Å². The number of hydrogen-bond donors (Lipinski definition) is 1. The SMILES string of the molecule is O=C(O)C1CCCCN1Cc1cc(F)ccc1OC(F)F. The number of likely N-dealkylation sites (tertiary alicyclic amines) is 1. The van der Waals surface area contributed by atoms with Gasteiger partial charge in [0.25, 0.3) is 0 Å². The Morgan fingerprint density at radius 1 is 1.43 bits per heavy atom. The molecule has 0 spiro atoms. The van der Waals surface area contributed by atoms with Crippen molar-refractivity contribution in [2.45, 2.75) is 38.5 Å². The fourth-order valence-electron chi connectivity index (χ4n) is 2.56. The zero-order chi connectivity index (χ0) is 15.4. The van der Waals surface area contributed by atoms with Crippen LogP contribution in [0.25, 0.3) is 0 Å². The van der Waals surface area contributed by atoms with Crippen molar-refractivity contribution in [3.05, 3.63) is 29.6 Å². The highest BCUT2D eigenvalue weighted by Crippen LogP contribution is 2.26. The molecule has 21 heavy (non-hydrogen) atoms. The summed E-state index contributed by atoms with van der Waals surface area (Å²) < 4.78 is 42.4. The van der Waals surface area contributed by atoms with E-state index in [9.17, 15) is 23.1 Å². The molecule has 1 N–H and O–H groups in total. The number of ether oxygens (including phenoxy) is 1. The van der Waals surface area contributed by atoms with Crippen LogP contribution in [-0.2, 0) is 11.3 Å². The number of rotatable bonds is 5. The summed E-state index contributed by atoms with van der Waals surface area (Å²) in [7, 11) is 0. The number of carbonyl (C=O) groups is 1. The molecule has 0 aromatic heterocycles. The molecule has 2 rings (SSSR count). The Bertz CT molecular complexity index is 510. The lowest BCUT2D eigenvalue weighted by Gasteiger charge is -2.33. The van der Waals surface area contributed by atoms with Crippen molar-refractivity contribution < 1.29 is 27.8 Å². The molecule has 1 saturated heterocycles. The van der Waals surface area contributed by atoms with E-state index in [4.69, 9.17) is 0 Å². The van der Waals surface area contributed by atoms with Gasteiger partial charge in [-0.05, 0) is 37.6 Å². The summed E-state index contributed by atoms with van der Waals surface area (Å²) in [6.07, 6.45) is 2.12. The molecule has 1 aliphatic heterocycles. The molecule has 0 aliphatic carbocycles. The van der Waals surface area contributed by atoms with Crippen LogP contribution < -0.4 is 4.74 Å². The number of alkyl halides is 2. The van der Waals surface area contributed by atoms with E-state index in [2.05, 4.69) is 4.74 Å². The molecule has 7 heteroatoms. The van der Waals surface area contributed by atoms with E-state index >= 15 is 0 Å². The molecular formula is C14H16F3NO3. The fourth-order valence-corrected chi connectivity index (χ4v) is 2.56. The summed E-state index contributed by atoms with van der Waals surface area (Å²) in [6, 6.07) is 2.59. The molecular weight excluding hydrogens is 287 g/mol. The third-order valence-corrected chi connectivity index (χ3v) is 3.51. The van der Waals surface area contributed by atoms with Crippen molar-refractivity contribution in [1.29, 1.82) is 0 Å². The molecule has 1 fully saturated rings. The zero-order valence-electron chi connectivity index (χ0n) is 11.3. The van der Waals surface area contributed by atoms with Crippen molar-refractivity contribution in [2.24, 2.45) is 0 Å². The van der Waals surface area contributed by atoms with Crippen molar-refractivity contribution in [3.8, 4) is 5.75 Å². The maximum Gasteiger partial charge on any atom is 0.387 e. The second kappa shape index (κ2) is 6.80. The number of nitrogens with zero attached hydrogens (tertiary/aromatic N) is 1. The van der Waals surface area contributed by atoms with Crippen LogP contribution in [0.2, 0.25) is 0 Å². The van der Waals surface area contributed by atoms with Crippen LogP contribution in [-0.4, -0.2) is 35.2 Å². The van der Waals surface area contributed by atoms with Crippen LogP contribution in [0, 0.1) is 5.82 Å². The predicted octanol–water partition coefficient (Wildman–Crippen LogP) is 2.87. The van der Waals surface area contributed by atoms with Gasteiger partial charge >= 0.3 is 12.6 Å². The smallest absolute Gasteiger partial charge is 0.387 e. The Morgan fingerprint density at radius 2 is 2.19 bits per heavy atom. The zero-order valence-corrected chi connectivity index (χ0v) is 11.3. The molecule has 116 valence electrons. The highest BCUT2D eigenvalue weighted by Gasteiger charge is 2.29. The average Bonchev–Trinajstić information content (AvgIpc) is 2.42. The summed E-state index contributed by atoms with van der Waals surface area (Å²) in [5.41, 5.74) is 0.225. The molecule has 1 atom stereocenters. The van der Waals surface area contributed by atoms with Crippen LogP contribution in [0.4, 0.5) is 13.2 Å². The predicted molar refractivity (Wildman–Crippen MR) is 68.7 cm³/mol. The number of piperidine rings is 1. The molecule has 0 saturated carbocycles. The van der Waals surface area contributed by atoms with E-state index in [0.717, 1.165) is 31.0 Å². The van der Waals surface area contributed by atoms with Gasteiger partial charge in [0.15, 0.2) is 0 Å². The lowest BCUT2D eigenvalue weighted by molar-refractivity contribution is -0.144. The van der Waals surface area contributed by atoms with Crippen LogP contribution in [0.1, 0.15) is 24.8 Å². The van der Waals surface area contributed by atoms with E-state index in [-0.39, 0.29) is 17.9 Å². The van der Waals surface area contributed by atoms with Gasteiger partial charge < -0.3 is 9.84 Å². The summed E-state index contributed by atoms with van der Waals surface area (Å²) in [6.45, 7) is -2.41. The normalized spacial score (nSPS) is 19.7. The van der Waals surface area contributed by atoms with Gasteiger partial charge in [-0.1, -0.05) is 6.42 Å². The second-order valence-corrected chi connectivity index (χ2v) is 4.95. The Morgan fingerprint density at radius 3 is 2.86 bits per heavy atom. The van der Waals surface area contributed by atoms with Gasteiger partial charge in [-0.2, -0.15) is 8.78 Å². The van der Waals surface area contributed by atoms with Crippen molar-refractivity contribution >= 4 is 5.97 Å². The van der Waals surface area contributed by atoms with Gasteiger partial charge in [-0.25, -0.2) is 4.39 Å². The fraction of sp³-hybridized carbons (Fsp3) is 0.500. The first-order valence-corrected chi connectivity index (χ1v) is 6.67. The minimum atomic E-state index is -3.01. The van der Waals surface area contributed by atoms with Gasteiger partial charge in [-0.3, -0.25) is 9.69 Å². The number of carboxylic acids is 1. The standard InChI is InChI=1S/C14H16F3NO3/c15-10-4-5-12(21-14(16)17)9(7-10)8-18-6-2-1-3-11(18)13(19)20/h4-5,7,11,14H,1-3,6,8H2,(H,19,20). The van der Waals surface area contributed by atoms with Crippen LogP contribution in [0.15, 0.2) is 18.2 Å². The molecule has 1 unspecified atom stereocenters. The third-order valence-electron chi connectivity index (χ3n) is 3.51. The summed E-state index contributed by atoms with van der Waals surface area (Å²) in [5.74, 6) is -1.65. The molecule has 0 amide bonds. The molecule has 1 aromatic rings. The van der Waals surface area contributed by atoms with E-state index in [1.165, 1.54) is 0 Å². The third kappa shape index (κ3) is 4.10. The maximum absolute atomic E-state index is 13.3. The first-order valence-electron chi connectivity index (χ1n) is 6.67. The van der Waals surface area contributed by atoms with E-state index in [1.807, 2.05) is 0 Å². The largest absolute Gasteiger partial charge is 0.480 e. The monoisotopic (exact) mass is 303 g/mol. The van der Waals surface area contributed by atoms with Gasteiger partial charge in [0.2, 0.25) is 0 Å². The number of hydrogen-bond acceptors (Lipinski definition) is 3. The highest BCUT2D eigenvalue weighted by molar-refractivity contribution is 5.73. The van der Waals surface area contributed by atoms with E-state index in [1.54, 1.807) is 4.90 Å².